The van der Waals surface area contributed by atoms with E-state index in [0.29, 0.717) is 6.42 Å². The summed E-state index contributed by atoms with van der Waals surface area (Å²) < 4.78 is 16.9. The van der Waals surface area contributed by atoms with Gasteiger partial charge in [-0.05, 0) is 6.42 Å². The lowest BCUT2D eigenvalue weighted by Gasteiger charge is -2.47. The Morgan fingerprint density at radius 1 is 1.22 bits per heavy atom. The number of aliphatic hydroxyl groups is 4. The second kappa shape index (κ2) is 9.81. The molecular formula is C16H29NO9S. The number of rotatable bonds is 6. The molecule has 0 spiro atoms. The van der Waals surface area contributed by atoms with Crippen molar-refractivity contribution in [1.82, 2.24) is 5.06 Å². The van der Waals surface area contributed by atoms with Crippen LogP contribution in [0.3, 0.4) is 0 Å². The lowest BCUT2D eigenvalue weighted by Crippen LogP contribution is -2.64. The van der Waals surface area contributed by atoms with Gasteiger partial charge in [-0.1, -0.05) is 6.92 Å². The Kier molecular flexibility index (Phi) is 8.28. The molecule has 0 radical (unpaired) electrons. The maximum absolute atomic E-state index is 11.9. The minimum atomic E-state index is -1.41. The number of hydrogen-bond donors (Lipinski definition) is 5. The lowest BCUT2D eigenvalue weighted by atomic mass is 9.96. The van der Waals surface area contributed by atoms with Crippen LogP contribution in [0.1, 0.15) is 20.3 Å². The Bertz CT molecular complexity index is 497. The van der Waals surface area contributed by atoms with E-state index in [4.69, 9.17) is 19.0 Å². The normalized spacial score (nSPS) is 42.7. The predicted octanol–water partition coefficient (Wildman–Crippen LogP) is -1.94. The Morgan fingerprint density at radius 3 is 2.41 bits per heavy atom. The highest BCUT2D eigenvalue weighted by Crippen LogP contribution is 2.31. The van der Waals surface area contributed by atoms with Gasteiger partial charge in [-0.2, -0.15) is 12.6 Å². The largest absolute Gasteiger partial charge is 0.394 e. The van der Waals surface area contributed by atoms with Crippen molar-refractivity contribution in [3.63, 3.8) is 0 Å². The molecule has 1 amide bonds. The third-order valence-corrected chi connectivity index (χ3v) is 5.57. The Labute approximate surface area is 163 Å². The number of hydroxylamine groups is 2. The fraction of sp³-hybridized carbons (Fsp3) is 0.938. The van der Waals surface area contributed by atoms with Crippen LogP contribution in [0.5, 0.6) is 0 Å². The molecule has 2 rings (SSSR count). The molecule has 9 atom stereocenters. The van der Waals surface area contributed by atoms with Gasteiger partial charge in [0.2, 0.25) is 5.91 Å². The second-order valence-electron chi connectivity index (χ2n) is 6.66. The first-order valence-corrected chi connectivity index (χ1v) is 9.37. The summed E-state index contributed by atoms with van der Waals surface area (Å²) in [6.07, 6.45) is -7.20. The van der Waals surface area contributed by atoms with E-state index in [9.17, 15) is 25.2 Å². The van der Waals surface area contributed by atoms with Crippen LogP contribution >= 0.6 is 12.6 Å². The van der Waals surface area contributed by atoms with Crippen molar-refractivity contribution in [1.29, 1.82) is 0 Å². The molecule has 2 aliphatic rings. The standard InChI is InChI=1S/C16H29NO9S/c1-4-9-15(27)12(21)13(22)16(25-9)26-14-8(17(23-3)7(2)19)6-24-10(5-18)11(14)20/h8-16,18,20-22,27H,4-6H2,1-3H3. The Hall–Kier alpha value is -0.500. The molecule has 2 heterocycles. The summed E-state index contributed by atoms with van der Waals surface area (Å²) in [7, 11) is 1.29. The maximum atomic E-state index is 11.9. The zero-order valence-electron chi connectivity index (χ0n) is 15.5. The molecular weight excluding hydrogens is 382 g/mol. The topological polar surface area (TPSA) is 138 Å². The summed E-state index contributed by atoms with van der Waals surface area (Å²) in [5.74, 6) is -0.443. The van der Waals surface area contributed by atoms with E-state index in [1.54, 1.807) is 0 Å². The van der Waals surface area contributed by atoms with Gasteiger partial charge in [0.1, 0.15) is 30.5 Å². The minimum Gasteiger partial charge on any atom is -0.394 e. The molecule has 0 aliphatic carbocycles. The van der Waals surface area contributed by atoms with E-state index in [2.05, 4.69) is 12.6 Å². The van der Waals surface area contributed by atoms with Crippen LogP contribution in [0.2, 0.25) is 0 Å². The smallest absolute Gasteiger partial charge is 0.243 e. The van der Waals surface area contributed by atoms with Crippen LogP contribution in [0, 0.1) is 0 Å². The third kappa shape index (κ3) is 4.74. The maximum Gasteiger partial charge on any atom is 0.243 e. The fourth-order valence-electron chi connectivity index (χ4n) is 3.41. The highest BCUT2D eigenvalue weighted by Gasteiger charge is 2.49. The van der Waals surface area contributed by atoms with E-state index < -0.39 is 66.7 Å². The summed E-state index contributed by atoms with van der Waals surface area (Å²) in [6.45, 7) is 2.58. The van der Waals surface area contributed by atoms with E-state index >= 15 is 0 Å². The number of nitrogens with zero attached hydrogens (tertiary/aromatic N) is 1. The highest BCUT2D eigenvalue weighted by atomic mass is 32.1. The fourth-order valence-corrected chi connectivity index (χ4v) is 3.86. The zero-order chi connectivity index (χ0) is 20.3. The number of aliphatic hydroxyl groups excluding tert-OH is 4. The van der Waals surface area contributed by atoms with Crippen molar-refractivity contribution in [2.45, 2.75) is 74.5 Å². The minimum absolute atomic E-state index is 0.0713. The zero-order valence-corrected chi connectivity index (χ0v) is 16.4. The van der Waals surface area contributed by atoms with E-state index in [-0.39, 0.29) is 6.61 Å². The molecule has 11 heteroatoms. The SMILES string of the molecule is CCC1OC(OC2C(O)C(CO)OCC2N(OC)C(C)=O)C(O)C(O)C1S. The number of thiol groups is 1. The van der Waals surface area contributed by atoms with Gasteiger partial charge in [-0.15, -0.1) is 0 Å². The molecule has 9 unspecified atom stereocenters. The number of amides is 1. The Balaban J connectivity index is 2.24. The number of carbonyl (C=O) groups is 1. The van der Waals surface area contributed by atoms with Gasteiger partial charge in [-0.3, -0.25) is 9.63 Å². The Morgan fingerprint density at radius 2 is 1.89 bits per heavy atom. The average Bonchev–Trinajstić information content (AvgIpc) is 2.64. The van der Waals surface area contributed by atoms with Crippen LogP contribution in [0.4, 0.5) is 0 Å². The van der Waals surface area contributed by atoms with Crippen LogP contribution in [-0.4, -0.2) is 106 Å². The van der Waals surface area contributed by atoms with Gasteiger partial charge in [0.05, 0.1) is 37.8 Å². The van der Waals surface area contributed by atoms with E-state index in [1.165, 1.54) is 14.0 Å². The van der Waals surface area contributed by atoms with Crippen molar-refractivity contribution >= 4 is 18.5 Å². The summed E-state index contributed by atoms with van der Waals surface area (Å²) in [5.41, 5.74) is 0. The first-order valence-electron chi connectivity index (χ1n) is 8.86. The van der Waals surface area contributed by atoms with Crippen molar-refractivity contribution in [2.75, 3.05) is 20.3 Å². The molecule has 2 fully saturated rings. The van der Waals surface area contributed by atoms with Crippen LogP contribution in [-0.2, 0) is 23.8 Å². The molecule has 0 bridgehead atoms. The van der Waals surface area contributed by atoms with Crippen LogP contribution in [0.15, 0.2) is 0 Å². The van der Waals surface area contributed by atoms with Crippen molar-refractivity contribution in [3.05, 3.63) is 0 Å². The third-order valence-electron chi connectivity index (χ3n) is 4.93. The highest BCUT2D eigenvalue weighted by molar-refractivity contribution is 7.81. The van der Waals surface area contributed by atoms with E-state index in [1.807, 2.05) is 6.92 Å². The molecule has 0 saturated carbocycles. The van der Waals surface area contributed by atoms with Crippen LogP contribution < -0.4 is 0 Å². The number of ether oxygens (including phenoxy) is 3. The monoisotopic (exact) mass is 411 g/mol. The second-order valence-corrected chi connectivity index (χ2v) is 7.26. The van der Waals surface area contributed by atoms with Crippen LogP contribution in [0.25, 0.3) is 0 Å². The van der Waals surface area contributed by atoms with Crippen molar-refractivity contribution < 1.29 is 44.3 Å². The quantitative estimate of drug-likeness (QED) is 0.249. The first kappa shape index (κ1) is 22.8. The molecule has 4 N–H and O–H groups in total. The van der Waals surface area contributed by atoms with E-state index in [0.717, 1.165) is 5.06 Å². The van der Waals surface area contributed by atoms with Gasteiger partial charge in [-0.25, -0.2) is 5.06 Å². The molecule has 27 heavy (non-hydrogen) atoms. The number of hydrogen-bond acceptors (Lipinski definition) is 10. The molecule has 158 valence electrons. The summed E-state index contributed by atoms with van der Waals surface area (Å²) in [6, 6.07) is -0.855. The number of carbonyl (C=O) groups excluding carboxylic acids is 1. The summed E-state index contributed by atoms with van der Waals surface area (Å²) in [4.78, 5) is 16.9. The van der Waals surface area contributed by atoms with Crippen molar-refractivity contribution in [3.8, 4) is 0 Å². The van der Waals surface area contributed by atoms with Gasteiger partial charge in [0.15, 0.2) is 6.29 Å². The first-order chi connectivity index (χ1) is 12.8. The van der Waals surface area contributed by atoms with Gasteiger partial charge in [0.25, 0.3) is 0 Å². The molecule has 2 saturated heterocycles. The predicted molar refractivity (Wildman–Crippen MR) is 94.8 cm³/mol. The molecule has 0 aromatic heterocycles. The van der Waals surface area contributed by atoms with Gasteiger partial charge >= 0.3 is 0 Å². The molecule has 10 nitrogen and oxygen atoms in total. The van der Waals surface area contributed by atoms with Gasteiger partial charge < -0.3 is 34.6 Å². The molecule has 0 aromatic rings. The van der Waals surface area contributed by atoms with Crippen molar-refractivity contribution in [2.24, 2.45) is 0 Å². The summed E-state index contributed by atoms with van der Waals surface area (Å²) >= 11 is 4.27. The summed E-state index contributed by atoms with van der Waals surface area (Å²) in [5, 5.41) is 40.9. The lowest BCUT2D eigenvalue weighted by molar-refractivity contribution is -0.321. The van der Waals surface area contributed by atoms with Gasteiger partial charge in [0, 0.05) is 6.92 Å². The average molecular weight is 411 g/mol. The molecule has 2 aliphatic heterocycles. The molecule has 0 aromatic carbocycles.